The molecule has 2 aromatic rings. The lowest BCUT2D eigenvalue weighted by molar-refractivity contribution is -0.123. The minimum atomic E-state index is -0.117. The van der Waals surface area contributed by atoms with Crippen LogP contribution in [-0.2, 0) is 17.9 Å². The summed E-state index contributed by atoms with van der Waals surface area (Å²) in [6, 6.07) is 14.1. The molecule has 24 heavy (non-hydrogen) atoms. The molecule has 4 nitrogen and oxygen atoms in total. The van der Waals surface area contributed by atoms with Crippen molar-refractivity contribution >= 4 is 5.91 Å². The van der Waals surface area contributed by atoms with E-state index in [0.29, 0.717) is 6.54 Å². The van der Waals surface area contributed by atoms with Crippen LogP contribution in [-0.4, -0.2) is 31.5 Å². The maximum atomic E-state index is 12.0. The molecule has 4 heteroatoms. The zero-order valence-electron chi connectivity index (χ0n) is 14.9. The number of aryl methyl sites for hydroxylation is 1. The second-order valence-electron chi connectivity index (χ2n) is 6.32. The molecular weight excluding hydrogens is 300 g/mol. The normalized spacial score (nSPS) is 10.7. The Labute approximate surface area is 144 Å². The molecule has 0 aliphatic rings. The summed E-state index contributed by atoms with van der Waals surface area (Å²) >= 11 is 0. The van der Waals surface area contributed by atoms with Crippen molar-refractivity contribution in [1.29, 1.82) is 0 Å². The fraction of sp³-hybridized carbons (Fsp3) is 0.350. The monoisotopic (exact) mass is 326 g/mol. The lowest BCUT2D eigenvalue weighted by atomic mass is 10.1. The van der Waals surface area contributed by atoms with Gasteiger partial charge >= 0.3 is 0 Å². The lowest BCUT2D eigenvalue weighted by Crippen LogP contribution is -2.28. The number of nitrogens with one attached hydrogen (secondary N) is 1. The standard InChI is InChI=1S/C20H26N2O2/c1-15-6-5-7-19(16(15)2)24-14-20(23)21-12-17-8-10-18(11-9-17)13-22(3)4/h5-11H,12-14H2,1-4H3,(H,21,23). The first-order valence-corrected chi connectivity index (χ1v) is 8.14. The van der Waals surface area contributed by atoms with Gasteiger partial charge < -0.3 is 15.0 Å². The summed E-state index contributed by atoms with van der Waals surface area (Å²) in [6.07, 6.45) is 0. The smallest absolute Gasteiger partial charge is 0.258 e. The number of hydrogen-bond donors (Lipinski definition) is 1. The van der Waals surface area contributed by atoms with Crippen LogP contribution in [0.25, 0.3) is 0 Å². The van der Waals surface area contributed by atoms with Crippen LogP contribution in [0, 0.1) is 13.8 Å². The van der Waals surface area contributed by atoms with Crippen molar-refractivity contribution in [2.45, 2.75) is 26.9 Å². The van der Waals surface area contributed by atoms with E-state index in [-0.39, 0.29) is 12.5 Å². The Hall–Kier alpha value is -2.33. The highest BCUT2D eigenvalue weighted by molar-refractivity contribution is 5.77. The van der Waals surface area contributed by atoms with Crippen LogP contribution in [0.5, 0.6) is 5.75 Å². The molecule has 0 atom stereocenters. The van der Waals surface area contributed by atoms with Gasteiger partial charge in [-0.25, -0.2) is 0 Å². The molecule has 0 aliphatic carbocycles. The average Bonchev–Trinajstić information content (AvgIpc) is 2.55. The summed E-state index contributed by atoms with van der Waals surface area (Å²) in [7, 11) is 4.09. The number of carbonyl (C=O) groups excluding carboxylic acids is 1. The molecule has 1 N–H and O–H groups in total. The molecule has 0 radical (unpaired) electrons. The third-order valence-electron chi connectivity index (χ3n) is 3.93. The highest BCUT2D eigenvalue weighted by atomic mass is 16.5. The average molecular weight is 326 g/mol. The van der Waals surface area contributed by atoms with E-state index in [0.717, 1.165) is 29.0 Å². The van der Waals surface area contributed by atoms with Crippen molar-refractivity contribution in [2.24, 2.45) is 0 Å². The minimum absolute atomic E-state index is 0.0308. The van der Waals surface area contributed by atoms with E-state index >= 15 is 0 Å². The Morgan fingerprint density at radius 3 is 2.38 bits per heavy atom. The van der Waals surface area contributed by atoms with Crippen molar-refractivity contribution in [1.82, 2.24) is 10.2 Å². The SMILES string of the molecule is Cc1cccc(OCC(=O)NCc2ccc(CN(C)C)cc2)c1C. The Kier molecular flexibility index (Phi) is 6.38. The van der Waals surface area contributed by atoms with Crippen molar-refractivity contribution in [3.63, 3.8) is 0 Å². The van der Waals surface area contributed by atoms with E-state index in [4.69, 9.17) is 4.74 Å². The summed E-state index contributed by atoms with van der Waals surface area (Å²) in [5, 5.41) is 2.89. The van der Waals surface area contributed by atoms with Gasteiger partial charge in [0.15, 0.2) is 6.61 Å². The number of carbonyl (C=O) groups is 1. The Bertz CT molecular complexity index is 679. The molecule has 128 valence electrons. The number of benzene rings is 2. The van der Waals surface area contributed by atoms with Crippen LogP contribution < -0.4 is 10.1 Å². The van der Waals surface area contributed by atoms with E-state index in [2.05, 4.69) is 22.3 Å². The molecule has 2 aromatic carbocycles. The number of amides is 1. The number of nitrogens with zero attached hydrogens (tertiary/aromatic N) is 1. The van der Waals surface area contributed by atoms with Gasteiger partial charge in [0.2, 0.25) is 0 Å². The van der Waals surface area contributed by atoms with Crippen molar-refractivity contribution < 1.29 is 9.53 Å². The minimum Gasteiger partial charge on any atom is -0.483 e. The van der Waals surface area contributed by atoms with Crippen LogP contribution in [0.1, 0.15) is 22.3 Å². The molecule has 0 fully saturated rings. The van der Waals surface area contributed by atoms with E-state index in [1.165, 1.54) is 5.56 Å². The quantitative estimate of drug-likeness (QED) is 0.850. The molecule has 0 aromatic heterocycles. The summed E-state index contributed by atoms with van der Waals surface area (Å²) < 4.78 is 5.61. The van der Waals surface area contributed by atoms with Crippen LogP contribution in [0.3, 0.4) is 0 Å². The number of hydrogen-bond acceptors (Lipinski definition) is 3. The summed E-state index contributed by atoms with van der Waals surface area (Å²) in [5.74, 6) is 0.645. The van der Waals surface area contributed by atoms with E-state index in [1.54, 1.807) is 0 Å². The van der Waals surface area contributed by atoms with Crippen molar-refractivity contribution in [3.8, 4) is 5.75 Å². The number of rotatable bonds is 7. The molecular formula is C20H26N2O2. The molecule has 0 saturated carbocycles. The van der Waals surface area contributed by atoms with Gasteiger partial charge in [-0.3, -0.25) is 4.79 Å². The molecule has 0 bridgehead atoms. The third kappa shape index (κ3) is 5.39. The maximum Gasteiger partial charge on any atom is 0.258 e. The molecule has 0 saturated heterocycles. The van der Waals surface area contributed by atoms with Crippen molar-refractivity contribution in [3.05, 3.63) is 64.7 Å². The summed E-state index contributed by atoms with van der Waals surface area (Å²) in [5.41, 5.74) is 4.57. The predicted octanol–water partition coefficient (Wildman–Crippen LogP) is 3.06. The molecule has 0 aliphatic heterocycles. The number of ether oxygens (including phenoxy) is 1. The van der Waals surface area contributed by atoms with Gasteiger partial charge in [-0.15, -0.1) is 0 Å². The van der Waals surface area contributed by atoms with Gasteiger partial charge in [0, 0.05) is 13.1 Å². The van der Waals surface area contributed by atoms with Crippen LogP contribution in [0.15, 0.2) is 42.5 Å². The van der Waals surface area contributed by atoms with Gasteiger partial charge in [-0.1, -0.05) is 36.4 Å². The Balaban J connectivity index is 1.79. The van der Waals surface area contributed by atoms with Gasteiger partial charge in [0.05, 0.1) is 0 Å². The van der Waals surface area contributed by atoms with Gasteiger partial charge in [0.25, 0.3) is 5.91 Å². The summed E-state index contributed by atoms with van der Waals surface area (Å²) in [6.45, 7) is 5.48. The Morgan fingerprint density at radius 1 is 1.04 bits per heavy atom. The first-order chi connectivity index (χ1) is 11.5. The molecule has 1 amide bonds. The zero-order valence-corrected chi connectivity index (χ0v) is 14.9. The lowest BCUT2D eigenvalue weighted by Gasteiger charge is -2.12. The molecule has 0 unspecified atom stereocenters. The highest BCUT2D eigenvalue weighted by Gasteiger charge is 2.06. The zero-order chi connectivity index (χ0) is 17.5. The molecule has 0 spiro atoms. The first-order valence-electron chi connectivity index (χ1n) is 8.14. The molecule has 2 rings (SSSR count). The fourth-order valence-electron chi connectivity index (χ4n) is 2.40. The Morgan fingerprint density at radius 2 is 1.71 bits per heavy atom. The van der Waals surface area contributed by atoms with E-state index < -0.39 is 0 Å². The van der Waals surface area contributed by atoms with Gasteiger partial charge in [-0.2, -0.15) is 0 Å². The largest absolute Gasteiger partial charge is 0.483 e. The van der Waals surface area contributed by atoms with Crippen LogP contribution >= 0.6 is 0 Å². The van der Waals surface area contributed by atoms with Gasteiger partial charge in [-0.05, 0) is 56.3 Å². The van der Waals surface area contributed by atoms with E-state index in [1.807, 2.05) is 58.3 Å². The summed E-state index contributed by atoms with van der Waals surface area (Å²) in [4.78, 5) is 14.1. The predicted molar refractivity (Wildman–Crippen MR) is 97.1 cm³/mol. The maximum absolute atomic E-state index is 12.0. The third-order valence-corrected chi connectivity index (χ3v) is 3.93. The second-order valence-corrected chi connectivity index (χ2v) is 6.32. The van der Waals surface area contributed by atoms with Crippen LogP contribution in [0.4, 0.5) is 0 Å². The first kappa shape index (κ1) is 18.0. The van der Waals surface area contributed by atoms with Crippen molar-refractivity contribution in [2.75, 3.05) is 20.7 Å². The van der Waals surface area contributed by atoms with E-state index in [9.17, 15) is 4.79 Å². The highest BCUT2D eigenvalue weighted by Crippen LogP contribution is 2.20. The second kappa shape index (κ2) is 8.50. The fourth-order valence-corrected chi connectivity index (χ4v) is 2.40. The van der Waals surface area contributed by atoms with Gasteiger partial charge in [0.1, 0.15) is 5.75 Å². The van der Waals surface area contributed by atoms with Crippen LogP contribution in [0.2, 0.25) is 0 Å². The molecule has 0 heterocycles. The topological polar surface area (TPSA) is 41.6 Å².